The predicted molar refractivity (Wildman–Crippen MR) is 110 cm³/mol. The molecule has 1 aromatic carbocycles. The molecule has 0 atom stereocenters. The van der Waals surface area contributed by atoms with Gasteiger partial charge >= 0.3 is 6.18 Å². The number of hydrogen-bond donors (Lipinski definition) is 1. The number of alkyl halides is 3. The minimum Gasteiger partial charge on any atom is -0.475 e. The fourth-order valence-corrected chi connectivity index (χ4v) is 3.72. The summed E-state index contributed by atoms with van der Waals surface area (Å²) in [6, 6.07) is 7.65. The molecule has 0 radical (unpaired) electrons. The highest BCUT2D eigenvalue weighted by atomic mass is 32.1. The van der Waals surface area contributed by atoms with E-state index in [0.29, 0.717) is 5.69 Å². The third kappa shape index (κ3) is 4.04. The first-order valence-corrected chi connectivity index (χ1v) is 9.43. The van der Waals surface area contributed by atoms with Gasteiger partial charge in [0, 0.05) is 6.07 Å². The van der Waals surface area contributed by atoms with Gasteiger partial charge in [-0.05, 0) is 50.3 Å². The van der Waals surface area contributed by atoms with Gasteiger partial charge in [-0.25, -0.2) is 4.98 Å². The Morgan fingerprint density at radius 3 is 2.48 bits per heavy atom. The number of aromatic nitrogens is 1. The topological polar surface area (TPSA) is 89.7 Å². The van der Waals surface area contributed by atoms with Crippen LogP contribution in [0.15, 0.2) is 36.5 Å². The largest absolute Gasteiger partial charge is 0.475 e. The minimum atomic E-state index is -4.77. The van der Waals surface area contributed by atoms with Crippen molar-refractivity contribution in [2.75, 3.05) is 23.0 Å². The summed E-state index contributed by atoms with van der Waals surface area (Å²) in [6.45, 7) is 3.06. The molecular formula is C20H17F3N4O3S. The molecular weight excluding hydrogens is 433 g/mol. The zero-order chi connectivity index (χ0) is 23.0. The number of anilines is 2. The van der Waals surface area contributed by atoms with Crippen molar-refractivity contribution >= 4 is 34.6 Å². The van der Waals surface area contributed by atoms with Gasteiger partial charge in [-0.3, -0.25) is 9.69 Å². The lowest BCUT2D eigenvalue weighted by Crippen LogP contribution is -2.44. The number of halogens is 3. The quantitative estimate of drug-likeness (QED) is 0.700. The van der Waals surface area contributed by atoms with Crippen molar-refractivity contribution in [3.63, 3.8) is 0 Å². The van der Waals surface area contributed by atoms with Crippen molar-refractivity contribution < 1.29 is 27.8 Å². The number of pyridine rings is 1. The van der Waals surface area contributed by atoms with Gasteiger partial charge < -0.3 is 14.7 Å². The van der Waals surface area contributed by atoms with Crippen LogP contribution in [0.2, 0.25) is 0 Å². The zero-order valence-electron chi connectivity index (χ0n) is 16.5. The van der Waals surface area contributed by atoms with Gasteiger partial charge in [-0.15, -0.1) is 0 Å². The number of nitriles is 1. The van der Waals surface area contributed by atoms with Crippen LogP contribution in [0.3, 0.4) is 0 Å². The maximum Gasteiger partial charge on any atom is 0.417 e. The second-order valence-corrected chi connectivity index (χ2v) is 7.45. The number of aliphatic hydroxyl groups is 1. The Morgan fingerprint density at radius 1 is 1.26 bits per heavy atom. The average molecular weight is 450 g/mol. The first kappa shape index (κ1) is 22.5. The summed E-state index contributed by atoms with van der Waals surface area (Å²) in [5, 5.41) is 17.8. The molecule has 0 bridgehead atoms. The number of carbonyl (C=O) groups is 1. The highest BCUT2D eigenvalue weighted by Crippen LogP contribution is 2.39. The van der Waals surface area contributed by atoms with E-state index in [9.17, 15) is 18.0 Å². The van der Waals surface area contributed by atoms with E-state index in [1.54, 1.807) is 19.9 Å². The maximum absolute atomic E-state index is 13.4. The van der Waals surface area contributed by atoms with Crippen LogP contribution >= 0.6 is 12.2 Å². The van der Waals surface area contributed by atoms with Crippen molar-refractivity contribution in [2.24, 2.45) is 0 Å². The molecule has 1 amide bonds. The summed E-state index contributed by atoms with van der Waals surface area (Å²) in [7, 11) is 0. The molecule has 1 aliphatic heterocycles. The van der Waals surface area contributed by atoms with E-state index in [4.69, 9.17) is 27.3 Å². The normalized spacial score (nSPS) is 15.9. The molecule has 1 aromatic heterocycles. The highest BCUT2D eigenvalue weighted by molar-refractivity contribution is 7.81. The Hall–Kier alpha value is -3.23. The van der Waals surface area contributed by atoms with E-state index >= 15 is 0 Å². The first-order chi connectivity index (χ1) is 14.5. The molecule has 1 saturated heterocycles. The number of hydrogen-bond acceptors (Lipinski definition) is 6. The van der Waals surface area contributed by atoms with Crippen LogP contribution < -0.4 is 14.5 Å². The fourth-order valence-electron chi connectivity index (χ4n) is 3.20. The molecule has 1 N–H and O–H groups in total. The second-order valence-electron chi connectivity index (χ2n) is 7.08. The van der Waals surface area contributed by atoms with Crippen molar-refractivity contribution in [1.82, 2.24) is 4.98 Å². The molecule has 0 saturated carbocycles. The highest BCUT2D eigenvalue weighted by Gasteiger charge is 2.50. The van der Waals surface area contributed by atoms with Crippen molar-refractivity contribution in [2.45, 2.75) is 25.6 Å². The van der Waals surface area contributed by atoms with Crippen LogP contribution in [0, 0.1) is 11.3 Å². The van der Waals surface area contributed by atoms with E-state index in [-0.39, 0.29) is 29.9 Å². The van der Waals surface area contributed by atoms with Gasteiger partial charge in [0.2, 0.25) is 5.88 Å². The number of nitrogens with zero attached hydrogens (tertiary/aromatic N) is 4. The third-order valence-electron chi connectivity index (χ3n) is 4.68. The molecule has 2 heterocycles. The fraction of sp³-hybridized carbons (Fsp3) is 0.300. The zero-order valence-corrected chi connectivity index (χ0v) is 17.3. The van der Waals surface area contributed by atoms with Gasteiger partial charge in [0.1, 0.15) is 12.1 Å². The van der Waals surface area contributed by atoms with E-state index < -0.39 is 28.7 Å². The molecule has 2 aromatic rings. The van der Waals surface area contributed by atoms with Crippen LogP contribution in [-0.4, -0.2) is 39.9 Å². The Balaban J connectivity index is 2.01. The Kier molecular flexibility index (Phi) is 5.89. The van der Waals surface area contributed by atoms with Crippen molar-refractivity contribution in [3.8, 4) is 11.9 Å². The molecule has 3 rings (SSSR count). The number of aliphatic hydroxyl groups excluding tert-OH is 1. The van der Waals surface area contributed by atoms with Crippen molar-refractivity contribution in [3.05, 3.63) is 47.7 Å². The molecule has 162 valence electrons. The Bertz CT molecular complexity index is 1060. The van der Waals surface area contributed by atoms with Gasteiger partial charge in [-0.1, -0.05) is 0 Å². The molecule has 0 unspecified atom stereocenters. The molecule has 1 aliphatic rings. The minimum absolute atomic E-state index is 0.0290. The van der Waals surface area contributed by atoms with E-state index in [1.165, 1.54) is 29.3 Å². The van der Waals surface area contributed by atoms with Crippen LogP contribution in [0.5, 0.6) is 5.88 Å². The standard InChI is InChI=1S/C20H17F3N4O3S/c1-19(2)17(29)26(13-4-3-12(10-24)15(9-13)20(21,22)23)18(31)27(19)14-5-6-16(25-11-14)30-8-7-28/h3-6,9,11,28H,7-8H2,1-2H3. The van der Waals surface area contributed by atoms with Gasteiger partial charge in [0.25, 0.3) is 5.91 Å². The number of benzene rings is 1. The van der Waals surface area contributed by atoms with Crippen LogP contribution in [0.4, 0.5) is 24.5 Å². The van der Waals surface area contributed by atoms with Crippen LogP contribution in [0.1, 0.15) is 25.0 Å². The van der Waals surface area contributed by atoms with E-state index in [0.717, 1.165) is 17.0 Å². The summed E-state index contributed by atoms with van der Waals surface area (Å²) < 4.78 is 45.4. The summed E-state index contributed by atoms with van der Waals surface area (Å²) in [5.41, 5.74) is -2.56. The Labute approximate surface area is 181 Å². The Morgan fingerprint density at radius 2 is 1.94 bits per heavy atom. The summed E-state index contributed by atoms with van der Waals surface area (Å²) in [6.07, 6.45) is -3.35. The van der Waals surface area contributed by atoms with Crippen LogP contribution in [-0.2, 0) is 11.0 Å². The number of carbonyl (C=O) groups excluding carboxylic acids is 1. The predicted octanol–water partition coefficient (Wildman–Crippen LogP) is 3.26. The lowest BCUT2D eigenvalue weighted by Gasteiger charge is -2.29. The van der Waals surface area contributed by atoms with Gasteiger partial charge in [0.15, 0.2) is 5.11 Å². The summed E-state index contributed by atoms with van der Waals surface area (Å²) in [4.78, 5) is 19.7. The third-order valence-corrected chi connectivity index (χ3v) is 5.04. The molecule has 1 fully saturated rings. The molecule has 31 heavy (non-hydrogen) atoms. The molecule has 0 aliphatic carbocycles. The maximum atomic E-state index is 13.4. The first-order valence-electron chi connectivity index (χ1n) is 9.02. The van der Waals surface area contributed by atoms with E-state index in [1.807, 2.05) is 0 Å². The van der Waals surface area contributed by atoms with Crippen LogP contribution in [0.25, 0.3) is 0 Å². The number of amides is 1. The summed E-state index contributed by atoms with van der Waals surface area (Å²) in [5.74, 6) is -0.276. The van der Waals surface area contributed by atoms with Gasteiger partial charge in [0.05, 0.1) is 41.4 Å². The SMILES string of the molecule is CC1(C)C(=O)N(c2ccc(C#N)c(C(F)(F)F)c2)C(=S)N1c1ccc(OCCO)nc1. The second kappa shape index (κ2) is 8.13. The lowest BCUT2D eigenvalue weighted by atomic mass is 10.0. The molecule has 7 nitrogen and oxygen atoms in total. The van der Waals surface area contributed by atoms with Crippen molar-refractivity contribution in [1.29, 1.82) is 5.26 Å². The van der Waals surface area contributed by atoms with Gasteiger partial charge in [-0.2, -0.15) is 18.4 Å². The average Bonchev–Trinajstić information content (AvgIpc) is 2.90. The molecule has 11 heteroatoms. The molecule has 0 spiro atoms. The number of ether oxygens (including phenoxy) is 1. The number of rotatable bonds is 5. The summed E-state index contributed by atoms with van der Waals surface area (Å²) >= 11 is 5.45. The lowest BCUT2D eigenvalue weighted by molar-refractivity contribution is -0.137. The van der Waals surface area contributed by atoms with E-state index in [2.05, 4.69) is 4.98 Å². The number of thiocarbonyl (C=S) groups is 1. The monoisotopic (exact) mass is 450 g/mol. The smallest absolute Gasteiger partial charge is 0.417 e.